The van der Waals surface area contributed by atoms with Crippen molar-refractivity contribution < 1.29 is 4.79 Å². The predicted octanol–water partition coefficient (Wildman–Crippen LogP) is 3.07. The minimum Gasteiger partial charge on any atom is -0.346 e. The number of carbonyl (C=O) groups is 1. The molecule has 1 atom stereocenters. The third-order valence-electron chi connectivity index (χ3n) is 3.07. The number of carbonyl (C=O) groups excluding carboxylic acids is 1. The topological polar surface area (TPSA) is 42.0 Å². The molecule has 1 unspecified atom stereocenters. The summed E-state index contributed by atoms with van der Waals surface area (Å²) in [6.07, 6.45) is 3.45. The van der Waals surface area contributed by atoms with E-state index in [4.69, 9.17) is 0 Å². The van der Waals surface area contributed by atoms with Crippen molar-refractivity contribution in [3.8, 4) is 0 Å². The van der Waals surface area contributed by atoms with Gasteiger partial charge in [0.1, 0.15) is 5.69 Å². The third-order valence-corrected chi connectivity index (χ3v) is 3.46. The van der Waals surface area contributed by atoms with Gasteiger partial charge in [0.25, 0.3) is 5.91 Å². The Morgan fingerprint density at radius 3 is 2.82 bits per heavy atom. The summed E-state index contributed by atoms with van der Waals surface area (Å²) in [5.74, 6) is -0.0894. The van der Waals surface area contributed by atoms with Crippen LogP contribution >= 0.6 is 15.9 Å². The van der Waals surface area contributed by atoms with Gasteiger partial charge in [-0.25, -0.2) is 0 Å². The van der Waals surface area contributed by atoms with Crippen LogP contribution in [0.5, 0.6) is 0 Å². The van der Waals surface area contributed by atoms with Gasteiger partial charge in [0.05, 0.1) is 0 Å². The van der Waals surface area contributed by atoms with Crippen molar-refractivity contribution in [3.05, 3.63) is 29.6 Å². The molecule has 0 bridgehead atoms. The van der Waals surface area contributed by atoms with E-state index in [1.165, 1.54) is 0 Å². The van der Waals surface area contributed by atoms with E-state index in [2.05, 4.69) is 40.1 Å². The Balaban J connectivity index is 2.82. The first-order valence-electron chi connectivity index (χ1n) is 5.82. The van der Waals surface area contributed by atoms with Crippen molar-refractivity contribution in [1.29, 1.82) is 0 Å². The number of nitrogens with one attached hydrogen (secondary N) is 1. The van der Waals surface area contributed by atoms with Crippen molar-refractivity contribution in [2.45, 2.75) is 39.2 Å². The number of aryl methyl sites for hydroxylation is 1. The molecule has 0 aromatic carbocycles. The second-order valence-corrected chi connectivity index (χ2v) is 5.27. The maximum absolute atomic E-state index is 12.1. The quantitative estimate of drug-likeness (QED) is 0.849. The molecule has 17 heavy (non-hydrogen) atoms. The van der Waals surface area contributed by atoms with E-state index in [9.17, 15) is 4.79 Å². The van der Waals surface area contributed by atoms with Gasteiger partial charge in [-0.15, -0.1) is 0 Å². The molecule has 0 aliphatic rings. The highest BCUT2D eigenvalue weighted by atomic mass is 79.9. The Bertz CT molecular complexity index is 395. The normalized spacial score (nSPS) is 14.1. The first-order chi connectivity index (χ1) is 8.02. The Kier molecular flexibility index (Phi) is 5.12. The number of halogens is 1. The highest BCUT2D eigenvalue weighted by Crippen LogP contribution is 2.17. The summed E-state index contributed by atoms with van der Waals surface area (Å²) in [7, 11) is 0. The van der Waals surface area contributed by atoms with E-state index in [1.807, 2.05) is 19.1 Å². The number of aromatic nitrogens is 1. The lowest BCUT2D eigenvalue weighted by molar-refractivity contribution is 0.0896. The molecule has 0 aliphatic heterocycles. The number of alkyl halides is 1. The van der Waals surface area contributed by atoms with E-state index in [1.54, 1.807) is 6.20 Å². The van der Waals surface area contributed by atoms with Crippen LogP contribution in [0.25, 0.3) is 0 Å². The van der Waals surface area contributed by atoms with Crippen molar-refractivity contribution in [3.63, 3.8) is 0 Å². The van der Waals surface area contributed by atoms with Gasteiger partial charge in [-0.2, -0.15) is 0 Å². The fraction of sp³-hybridized carbons (Fsp3) is 0.538. The third kappa shape index (κ3) is 3.80. The molecule has 1 rings (SSSR count). The largest absolute Gasteiger partial charge is 0.346 e. The summed E-state index contributed by atoms with van der Waals surface area (Å²) in [6, 6.07) is 3.74. The van der Waals surface area contributed by atoms with Crippen LogP contribution in [0, 0.1) is 6.92 Å². The van der Waals surface area contributed by atoms with Crippen LogP contribution in [0.15, 0.2) is 18.3 Å². The molecule has 1 aromatic heterocycles. The van der Waals surface area contributed by atoms with Gasteiger partial charge in [-0.05, 0) is 38.3 Å². The summed E-state index contributed by atoms with van der Waals surface area (Å²) >= 11 is 3.42. The monoisotopic (exact) mass is 298 g/mol. The molecule has 0 saturated heterocycles. The predicted molar refractivity (Wildman–Crippen MR) is 73.5 cm³/mol. The zero-order valence-electron chi connectivity index (χ0n) is 10.6. The number of rotatable bonds is 5. The highest BCUT2D eigenvalue weighted by Gasteiger charge is 2.25. The molecule has 1 aromatic rings. The van der Waals surface area contributed by atoms with Crippen LogP contribution in [0.4, 0.5) is 0 Å². The SMILES string of the molecule is CCC(C)(CCBr)NC(=O)c1ncccc1C. The first kappa shape index (κ1) is 14.2. The lowest BCUT2D eigenvalue weighted by Gasteiger charge is -2.29. The maximum Gasteiger partial charge on any atom is 0.270 e. The summed E-state index contributed by atoms with van der Waals surface area (Å²) in [5.41, 5.74) is 1.24. The van der Waals surface area contributed by atoms with Gasteiger partial charge in [0.2, 0.25) is 0 Å². The van der Waals surface area contributed by atoms with Crippen LogP contribution in [0.2, 0.25) is 0 Å². The number of pyridine rings is 1. The molecule has 0 fully saturated rings. The maximum atomic E-state index is 12.1. The Labute approximate surface area is 111 Å². The van der Waals surface area contributed by atoms with Crippen molar-refractivity contribution in [2.24, 2.45) is 0 Å². The second-order valence-electron chi connectivity index (χ2n) is 4.48. The summed E-state index contributed by atoms with van der Waals surface area (Å²) < 4.78 is 0. The van der Waals surface area contributed by atoms with Crippen molar-refractivity contribution >= 4 is 21.8 Å². The molecular formula is C13H19BrN2O. The Hall–Kier alpha value is -0.900. The molecule has 0 aliphatic carbocycles. The molecular weight excluding hydrogens is 280 g/mol. The molecule has 1 amide bonds. The minimum atomic E-state index is -0.176. The van der Waals surface area contributed by atoms with Gasteiger partial charge in [-0.1, -0.05) is 28.9 Å². The average molecular weight is 299 g/mol. The summed E-state index contributed by atoms with van der Waals surface area (Å²) in [4.78, 5) is 16.3. The van der Waals surface area contributed by atoms with Crippen molar-refractivity contribution in [1.82, 2.24) is 10.3 Å². The number of hydrogen-bond donors (Lipinski definition) is 1. The van der Waals surface area contributed by atoms with Crippen molar-refractivity contribution in [2.75, 3.05) is 5.33 Å². The Morgan fingerprint density at radius 1 is 1.59 bits per heavy atom. The van der Waals surface area contributed by atoms with E-state index >= 15 is 0 Å². The van der Waals surface area contributed by atoms with Gasteiger partial charge in [-0.3, -0.25) is 9.78 Å². The molecule has 0 saturated carbocycles. The number of hydrogen-bond acceptors (Lipinski definition) is 2. The van der Waals surface area contributed by atoms with Crippen LogP contribution in [-0.2, 0) is 0 Å². The fourth-order valence-corrected chi connectivity index (χ4v) is 2.47. The fourth-order valence-electron chi connectivity index (χ4n) is 1.59. The first-order valence-corrected chi connectivity index (χ1v) is 6.94. The zero-order valence-corrected chi connectivity index (χ0v) is 12.2. The Morgan fingerprint density at radius 2 is 2.29 bits per heavy atom. The highest BCUT2D eigenvalue weighted by molar-refractivity contribution is 9.09. The van der Waals surface area contributed by atoms with E-state index < -0.39 is 0 Å². The van der Waals surface area contributed by atoms with Gasteiger partial charge >= 0.3 is 0 Å². The lowest BCUT2D eigenvalue weighted by Crippen LogP contribution is -2.46. The molecule has 4 heteroatoms. The van der Waals surface area contributed by atoms with Gasteiger partial charge in [0.15, 0.2) is 0 Å². The lowest BCUT2D eigenvalue weighted by atomic mass is 9.95. The zero-order chi connectivity index (χ0) is 12.9. The van der Waals surface area contributed by atoms with E-state index in [0.717, 1.165) is 23.7 Å². The molecule has 1 heterocycles. The number of nitrogens with zero attached hydrogens (tertiary/aromatic N) is 1. The molecule has 1 N–H and O–H groups in total. The van der Waals surface area contributed by atoms with Crippen LogP contribution in [0.3, 0.4) is 0 Å². The molecule has 0 spiro atoms. The van der Waals surface area contributed by atoms with Crippen LogP contribution in [-0.4, -0.2) is 21.8 Å². The van der Waals surface area contributed by atoms with Crippen LogP contribution in [0.1, 0.15) is 42.7 Å². The standard InChI is InChI=1S/C13H19BrN2O/c1-4-13(3,7-8-14)16-12(17)11-10(2)6-5-9-15-11/h5-6,9H,4,7-8H2,1-3H3,(H,16,17). The minimum absolute atomic E-state index is 0.0894. The summed E-state index contributed by atoms with van der Waals surface area (Å²) in [6.45, 7) is 6.04. The molecule has 0 radical (unpaired) electrons. The molecule has 3 nitrogen and oxygen atoms in total. The average Bonchev–Trinajstić information content (AvgIpc) is 2.29. The summed E-state index contributed by atoms with van der Waals surface area (Å²) in [5, 5.41) is 3.94. The van der Waals surface area contributed by atoms with Gasteiger partial charge < -0.3 is 5.32 Å². The van der Waals surface area contributed by atoms with E-state index in [-0.39, 0.29) is 11.4 Å². The van der Waals surface area contributed by atoms with E-state index in [0.29, 0.717) is 5.69 Å². The number of amides is 1. The smallest absolute Gasteiger partial charge is 0.270 e. The van der Waals surface area contributed by atoms with Gasteiger partial charge in [0, 0.05) is 17.1 Å². The van der Waals surface area contributed by atoms with Crippen LogP contribution < -0.4 is 5.32 Å². The second kappa shape index (κ2) is 6.15. The molecule has 94 valence electrons.